The minimum atomic E-state index is -0.959. The van der Waals surface area contributed by atoms with E-state index in [0.717, 1.165) is 77.0 Å². The summed E-state index contributed by atoms with van der Waals surface area (Å²) in [6.45, 7) is 15.4. The zero-order valence-electron chi connectivity index (χ0n) is 51.3. The normalized spacial score (nSPS) is 12.4. The highest BCUT2D eigenvalue weighted by molar-refractivity contribution is 8.76. The molecule has 0 aliphatic carbocycles. The lowest BCUT2D eigenvalue weighted by Crippen LogP contribution is -2.48. The Kier molecular flexibility index (Phi) is 49.4. The molecule has 18 heteroatoms. The average Bonchev–Trinajstić information content (AvgIpc) is 3.39. The number of hydrogen-bond donors (Lipinski definition) is 4. The Labute approximate surface area is 492 Å². The van der Waals surface area contributed by atoms with Gasteiger partial charge in [-0.1, -0.05) is 162 Å². The molecule has 16 nitrogen and oxygen atoms in total. The Balaban J connectivity index is 4.77. The second-order valence-corrected chi connectivity index (χ2v) is 25.4. The lowest BCUT2D eigenvalue weighted by Gasteiger charge is -2.23. The van der Waals surface area contributed by atoms with Crippen molar-refractivity contribution in [2.24, 2.45) is 0 Å². The van der Waals surface area contributed by atoms with Gasteiger partial charge in [-0.15, -0.1) is 0 Å². The topological polar surface area (TPSA) is 214 Å². The van der Waals surface area contributed by atoms with Crippen molar-refractivity contribution in [3.63, 3.8) is 0 Å². The van der Waals surface area contributed by atoms with E-state index in [-0.39, 0.29) is 69.6 Å². The summed E-state index contributed by atoms with van der Waals surface area (Å²) >= 11 is 0. The smallest absolute Gasteiger partial charge is 0.408 e. The number of esters is 3. The van der Waals surface area contributed by atoms with Gasteiger partial charge in [0.1, 0.15) is 30.5 Å². The zero-order valence-corrected chi connectivity index (χ0v) is 52.9. The molecule has 2 unspecified atom stereocenters. The van der Waals surface area contributed by atoms with E-state index in [0.29, 0.717) is 43.9 Å². The van der Waals surface area contributed by atoms with Crippen LogP contribution in [0.5, 0.6) is 0 Å². The molecule has 464 valence electrons. The summed E-state index contributed by atoms with van der Waals surface area (Å²) in [5.41, 5.74) is -1.39. The van der Waals surface area contributed by atoms with Gasteiger partial charge in [-0.2, -0.15) is 0 Å². The third-order valence-electron chi connectivity index (χ3n) is 12.4. The van der Waals surface area contributed by atoms with Gasteiger partial charge in [-0.3, -0.25) is 24.0 Å². The van der Waals surface area contributed by atoms with Gasteiger partial charge in [0.05, 0.1) is 6.42 Å². The van der Waals surface area contributed by atoms with Crippen molar-refractivity contribution < 1.29 is 57.2 Å². The molecule has 0 rings (SSSR count). The van der Waals surface area contributed by atoms with Crippen LogP contribution >= 0.6 is 21.6 Å². The molecule has 0 aliphatic heterocycles. The average molecular weight is 1170 g/mol. The van der Waals surface area contributed by atoms with E-state index in [9.17, 15) is 33.6 Å². The molecule has 80 heavy (non-hydrogen) atoms. The first-order chi connectivity index (χ1) is 38.3. The van der Waals surface area contributed by atoms with Crippen molar-refractivity contribution in [1.29, 1.82) is 0 Å². The highest BCUT2D eigenvalue weighted by Crippen LogP contribution is 2.20. The largest absolute Gasteiger partial charge is 0.462 e. The van der Waals surface area contributed by atoms with E-state index in [1.807, 2.05) is 0 Å². The van der Waals surface area contributed by atoms with Gasteiger partial charge >= 0.3 is 30.1 Å². The second kappa shape index (κ2) is 51.9. The lowest BCUT2D eigenvalue weighted by atomic mass is 10.1. The Morgan fingerprint density at radius 3 is 1.32 bits per heavy atom. The first kappa shape index (κ1) is 76.1. The lowest BCUT2D eigenvalue weighted by molar-refractivity contribution is -0.167. The molecule has 4 N–H and O–H groups in total. The van der Waals surface area contributed by atoms with E-state index in [4.69, 9.17) is 23.7 Å². The SMILES string of the molecule is CCCCCCCC/C=C\CCCCCCCC(=O)OCC(COC(=O)CCC(=O)NCCSSCCNC(=O)C(CCCNC(=O)OC(C)(C)C)NC(=O)OC(C)(C)C)OC(=O)CCCCCCC/C=C\CCCCCCCC. The fourth-order valence-electron chi connectivity index (χ4n) is 8.08. The molecule has 0 radical (unpaired) electrons. The van der Waals surface area contributed by atoms with Crippen LogP contribution in [-0.2, 0) is 47.7 Å². The van der Waals surface area contributed by atoms with E-state index in [2.05, 4.69) is 59.4 Å². The molecule has 0 aromatic rings. The van der Waals surface area contributed by atoms with E-state index >= 15 is 0 Å². The monoisotopic (exact) mass is 1170 g/mol. The van der Waals surface area contributed by atoms with Crippen LogP contribution in [0.1, 0.15) is 261 Å². The van der Waals surface area contributed by atoms with Gasteiger partial charge < -0.3 is 45.0 Å². The van der Waals surface area contributed by atoms with Crippen LogP contribution in [0.4, 0.5) is 9.59 Å². The molecular weight excluding hydrogens is 1060 g/mol. The Morgan fingerprint density at radius 2 is 0.850 bits per heavy atom. The van der Waals surface area contributed by atoms with Crippen molar-refractivity contribution >= 4 is 63.5 Å². The molecule has 0 bridgehead atoms. The maximum atomic E-state index is 13.0. The first-order valence-corrected chi connectivity index (χ1v) is 33.4. The molecule has 2 atom stereocenters. The van der Waals surface area contributed by atoms with E-state index in [1.54, 1.807) is 41.5 Å². The summed E-state index contributed by atoms with van der Waals surface area (Å²) in [4.78, 5) is 88.5. The molecule has 0 fully saturated rings. The first-order valence-electron chi connectivity index (χ1n) is 30.9. The minimum absolute atomic E-state index is 0.0941. The van der Waals surface area contributed by atoms with Crippen molar-refractivity contribution in [2.75, 3.05) is 44.4 Å². The van der Waals surface area contributed by atoms with Crippen LogP contribution in [0.25, 0.3) is 0 Å². The highest BCUT2D eigenvalue weighted by atomic mass is 33.1. The number of amides is 4. The molecular formula is C62H112N4O12S2. The number of hydrogen-bond acceptors (Lipinski definition) is 14. The van der Waals surface area contributed by atoms with Crippen molar-refractivity contribution in [2.45, 2.75) is 284 Å². The summed E-state index contributed by atoms with van der Waals surface area (Å²) in [5.74, 6) is -1.03. The summed E-state index contributed by atoms with van der Waals surface area (Å²) in [6.07, 6.45) is 37.8. The second-order valence-electron chi connectivity index (χ2n) is 22.7. The molecule has 0 saturated heterocycles. The third-order valence-corrected chi connectivity index (χ3v) is 14.8. The number of carbonyl (C=O) groups is 7. The molecule has 4 amide bonds. The maximum absolute atomic E-state index is 13.0. The number of ether oxygens (including phenoxy) is 5. The quantitative estimate of drug-likeness (QED) is 0.0147. The number of carbonyl (C=O) groups excluding carboxylic acids is 7. The molecule has 0 spiro atoms. The predicted molar refractivity (Wildman–Crippen MR) is 327 cm³/mol. The number of alkyl carbamates (subject to hydrolysis) is 2. The Morgan fingerprint density at radius 1 is 0.438 bits per heavy atom. The molecule has 0 aromatic heterocycles. The number of allylic oxidation sites excluding steroid dienone is 4. The van der Waals surface area contributed by atoms with Gasteiger partial charge in [-0.05, 0) is 119 Å². The van der Waals surface area contributed by atoms with Crippen molar-refractivity contribution in [1.82, 2.24) is 21.3 Å². The van der Waals surface area contributed by atoms with Crippen LogP contribution in [-0.4, -0.2) is 110 Å². The zero-order chi connectivity index (χ0) is 59.4. The standard InChI is InChI=1S/C62H112N4O12S2/c1-9-11-13-15-17-19-21-23-25-27-29-31-33-35-37-41-55(68)74-50-52(76-57(70)42-38-36-34-32-30-28-26-24-22-20-18-16-14-12-10-2)51-75-56(69)44-43-54(67)63-46-48-79-80-49-47-64-58(71)53(66-60(73)78-62(6,7)8)40-39-45-65-59(72)77-61(3,4)5/h23-26,52-53H,9-22,27-51H2,1-8H3,(H,63,67)(H,64,71)(H,65,72)(H,66,73)/b25-23-,26-24-. The van der Waals surface area contributed by atoms with Gasteiger partial charge in [-0.25, -0.2) is 9.59 Å². The maximum Gasteiger partial charge on any atom is 0.408 e. The fourth-order valence-corrected chi connectivity index (χ4v) is 9.89. The number of rotatable bonds is 51. The molecule has 0 saturated carbocycles. The van der Waals surface area contributed by atoms with Crippen LogP contribution in [0, 0.1) is 0 Å². The third kappa shape index (κ3) is 54.6. The van der Waals surface area contributed by atoms with Crippen LogP contribution in [0.15, 0.2) is 24.3 Å². The van der Waals surface area contributed by atoms with Crippen LogP contribution in [0.3, 0.4) is 0 Å². The number of nitrogens with one attached hydrogen (secondary N) is 4. The van der Waals surface area contributed by atoms with Crippen LogP contribution in [0.2, 0.25) is 0 Å². The van der Waals surface area contributed by atoms with Gasteiger partial charge in [0, 0.05) is 50.4 Å². The van der Waals surface area contributed by atoms with Crippen LogP contribution < -0.4 is 21.3 Å². The highest BCUT2D eigenvalue weighted by Gasteiger charge is 2.25. The van der Waals surface area contributed by atoms with Crippen molar-refractivity contribution in [3.05, 3.63) is 24.3 Å². The molecule has 0 aliphatic rings. The summed E-state index contributed by atoms with van der Waals surface area (Å²) < 4.78 is 27.2. The van der Waals surface area contributed by atoms with Gasteiger partial charge in [0.25, 0.3) is 0 Å². The summed E-state index contributed by atoms with van der Waals surface area (Å²) in [5, 5.41) is 10.9. The fraction of sp³-hybridized carbons (Fsp3) is 0.823. The van der Waals surface area contributed by atoms with Gasteiger partial charge in [0.2, 0.25) is 11.8 Å². The number of unbranched alkanes of at least 4 members (excludes halogenated alkanes) is 22. The van der Waals surface area contributed by atoms with E-state index < -0.39 is 47.5 Å². The molecule has 0 aromatic carbocycles. The van der Waals surface area contributed by atoms with Crippen molar-refractivity contribution in [3.8, 4) is 0 Å². The predicted octanol–water partition coefficient (Wildman–Crippen LogP) is 14.7. The Hall–Kier alpha value is -3.93. The Bertz CT molecular complexity index is 1690. The summed E-state index contributed by atoms with van der Waals surface area (Å²) in [6, 6.07) is -0.881. The van der Waals surface area contributed by atoms with E-state index in [1.165, 1.54) is 98.6 Å². The minimum Gasteiger partial charge on any atom is -0.462 e. The van der Waals surface area contributed by atoms with Gasteiger partial charge in [0.15, 0.2) is 6.10 Å². The molecule has 0 heterocycles. The summed E-state index contributed by atoms with van der Waals surface area (Å²) in [7, 11) is 3.01.